The van der Waals surface area contributed by atoms with Gasteiger partial charge in [-0.25, -0.2) is 9.67 Å². The van der Waals surface area contributed by atoms with Gasteiger partial charge in [0.05, 0.1) is 25.2 Å². The number of nitrogens with zero attached hydrogens (tertiary/aromatic N) is 6. The molecule has 3 aromatic heterocycles. The summed E-state index contributed by atoms with van der Waals surface area (Å²) < 4.78 is 3.62. The van der Waals surface area contributed by atoms with Gasteiger partial charge in [0.25, 0.3) is 5.91 Å². The van der Waals surface area contributed by atoms with Crippen LogP contribution in [0.25, 0.3) is 5.52 Å². The number of hydrogen-bond acceptors (Lipinski definition) is 5. The van der Waals surface area contributed by atoms with E-state index in [0.29, 0.717) is 24.5 Å². The minimum Gasteiger partial charge on any atom is -0.390 e. The van der Waals surface area contributed by atoms with Crippen LogP contribution < -0.4 is 0 Å². The van der Waals surface area contributed by atoms with Crippen LogP contribution in [-0.2, 0) is 6.61 Å². The van der Waals surface area contributed by atoms with Crippen molar-refractivity contribution in [3.63, 3.8) is 0 Å². The van der Waals surface area contributed by atoms with Gasteiger partial charge in [0.15, 0.2) is 0 Å². The summed E-state index contributed by atoms with van der Waals surface area (Å²) in [5.74, 6) is -0.0640. The fraction of sp³-hybridized carbons (Fsp3) is 0.375. The standard InChI is InChI=1S/C16H18N6O2/c23-10-12-8-22(19-18-12)14-4-2-5-20(9-14)16(24)15-7-13-3-1-6-21(13)11-17-15/h1,3,6-8,11,14,23H,2,4-5,9-10H2. The first-order chi connectivity index (χ1) is 11.7. The lowest BCUT2D eigenvalue weighted by molar-refractivity contribution is 0.0665. The molecule has 24 heavy (non-hydrogen) atoms. The predicted octanol–water partition coefficient (Wildman–Crippen LogP) is 0.895. The normalized spacial score (nSPS) is 18.2. The van der Waals surface area contributed by atoms with Crippen molar-refractivity contribution < 1.29 is 9.90 Å². The molecule has 1 atom stereocenters. The SMILES string of the molecule is O=C(c1cc2cccn2cn1)N1CCCC(n2cc(CO)nn2)C1. The monoisotopic (exact) mass is 326 g/mol. The lowest BCUT2D eigenvalue weighted by Gasteiger charge is -2.32. The van der Waals surface area contributed by atoms with Gasteiger partial charge in [-0.2, -0.15) is 0 Å². The van der Waals surface area contributed by atoms with Gasteiger partial charge in [0, 0.05) is 24.8 Å². The van der Waals surface area contributed by atoms with E-state index in [0.717, 1.165) is 18.4 Å². The summed E-state index contributed by atoms with van der Waals surface area (Å²) in [6, 6.07) is 5.76. The number of aromatic nitrogens is 5. The highest BCUT2D eigenvalue weighted by Crippen LogP contribution is 2.22. The van der Waals surface area contributed by atoms with Gasteiger partial charge in [-0.05, 0) is 31.0 Å². The fourth-order valence-electron chi connectivity index (χ4n) is 3.13. The second-order valence-corrected chi connectivity index (χ2v) is 6.01. The summed E-state index contributed by atoms with van der Waals surface area (Å²) in [5, 5.41) is 17.1. The molecule has 0 saturated carbocycles. The van der Waals surface area contributed by atoms with Gasteiger partial charge in [-0.1, -0.05) is 5.21 Å². The van der Waals surface area contributed by atoms with E-state index in [1.807, 2.05) is 33.7 Å². The van der Waals surface area contributed by atoms with Crippen molar-refractivity contribution in [3.8, 4) is 0 Å². The van der Waals surface area contributed by atoms with E-state index in [1.165, 1.54) is 0 Å². The molecule has 4 heterocycles. The first kappa shape index (κ1) is 14.8. The smallest absolute Gasteiger partial charge is 0.272 e. The average molecular weight is 326 g/mol. The van der Waals surface area contributed by atoms with Crippen molar-refractivity contribution in [2.24, 2.45) is 0 Å². The number of piperidine rings is 1. The molecule has 0 aromatic carbocycles. The third kappa shape index (κ3) is 2.65. The molecular formula is C16H18N6O2. The Hall–Kier alpha value is -2.74. The van der Waals surface area contributed by atoms with Crippen molar-refractivity contribution >= 4 is 11.4 Å². The number of aliphatic hydroxyl groups excluding tert-OH is 1. The van der Waals surface area contributed by atoms with Crippen LogP contribution in [0.15, 0.2) is 36.9 Å². The van der Waals surface area contributed by atoms with Crippen LogP contribution in [0.2, 0.25) is 0 Å². The summed E-state index contributed by atoms with van der Waals surface area (Å²) in [5.41, 5.74) is 1.95. The largest absolute Gasteiger partial charge is 0.390 e. The van der Waals surface area contributed by atoms with Crippen LogP contribution in [0.3, 0.4) is 0 Å². The van der Waals surface area contributed by atoms with Crippen LogP contribution in [-0.4, -0.2) is 53.4 Å². The Bertz CT molecular complexity index is 870. The highest BCUT2D eigenvalue weighted by atomic mass is 16.3. The first-order valence-electron chi connectivity index (χ1n) is 7.98. The summed E-state index contributed by atoms with van der Waals surface area (Å²) in [6.07, 6.45) is 7.14. The van der Waals surface area contributed by atoms with Gasteiger partial charge in [-0.15, -0.1) is 5.10 Å². The predicted molar refractivity (Wildman–Crippen MR) is 85.3 cm³/mol. The van der Waals surface area contributed by atoms with E-state index in [-0.39, 0.29) is 18.6 Å². The number of hydrogen-bond donors (Lipinski definition) is 1. The zero-order chi connectivity index (χ0) is 16.5. The van der Waals surface area contributed by atoms with E-state index >= 15 is 0 Å². The number of fused-ring (bicyclic) bond motifs is 1. The van der Waals surface area contributed by atoms with E-state index in [2.05, 4.69) is 15.3 Å². The topological polar surface area (TPSA) is 88.6 Å². The van der Waals surface area contributed by atoms with Gasteiger partial charge < -0.3 is 14.4 Å². The third-order valence-electron chi connectivity index (χ3n) is 4.41. The van der Waals surface area contributed by atoms with Crippen LogP contribution in [0, 0.1) is 0 Å². The zero-order valence-electron chi connectivity index (χ0n) is 13.1. The van der Waals surface area contributed by atoms with Gasteiger partial charge in [0.1, 0.15) is 11.4 Å². The maximum atomic E-state index is 12.8. The Morgan fingerprint density at radius 1 is 1.42 bits per heavy atom. The number of aliphatic hydroxyl groups is 1. The number of likely N-dealkylation sites (tertiary alicyclic amines) is 1. The Kier molecular flexibility index (Phi) is 3.73. The van der Waals surface area contributed by atoms with Crippen LogP contribution in [0.5, 0.6) is 0 Å². The van der Waals surface area contributed by atoms with Crippen LogP contribution in [0.1, 0.15) is 35.1 Å². The first-order valence-corrected chi connectivity index (χ1v) is 7.98. The van der Waals surface area contributed by atoms with Crippen molar-refractivity contribution in [1.82, 2.24) is 29.3 Å². The molecule has 124 valence electrons. The number of carbonyl (C=O) groups is 1. The van der Waals surface area contributed by atoms with Crippen LogP contribution >= 0.6 is 0 Å². The molecule has 1 aliphatic heterocycles. The Morgan fingerprint density at radius 3 is 3.17 bits per heavy atom. The van der Waals surface area contributed by atoms with Crippen molar-refractivity contribution in [2.45, 2.75) is 25.5 Å². The molecular weight excluding hydrogens is 308 g/mol. The van der Waals surface area contributed by atoms with Gasteiger partial charge in [0.2, 0.25) is 0 Å². The molecule has 1 unspecified atom stereocenters. The lowest BCUT2D eigenvalue weighted by atomic mass is 10.1. The summed E-state index contributed by atoms with van der Waals surface area (Å²) in [4.78, 5) is 18.9. The molecule has 1 amide bonds. The van der Waals surface area contributed by atoms with Crippen molar-refractivity contribution in [1.29, 1.82) is 0 Å². The fourth-order valence-corrected chi connectivity index (χ4v) is 3.13. The zero-order valence-corrected chi connectivity index (χ0v) is 13.1. The van der Waals surface area contributed by atoms with E-state index in [9.17, 15) is 4.79 Å². The molecule has 0 bridgehead atoms. The molecule has 0 spiro atoms. The van der Waals surface area contributed by atoms with Crippen molar-refractivity contribution in [2.75, 3.05) is 13.1 Å². The molecule has 0 radical (unpaired) electrons. The molecule has 0 aliphatic carbocycles. The highest BCUT2D eigenvalue weighted by molar-refractivity contribution is 5.93. The molecule has 1 saturated heterocycles. The third-order valence-corrected chi connectivity index (χ3v) is 4.41. The highest BCUT2D eigenvalue weighted by Gasteiger charge is 2.27. The quantitative estimate of drug-likeness (QED) is 0.772. The summed E-state index contributed by atoms with van der Waals surface area (Å²) in [7, 11) is 0. The maximum Gasteiger partial charge on any atom is 0.272 e. The molecule has 3 aromatic rings. The van der Waals surface area contributed by atoms with E-state index in [1.54, 1.807) is 17.2 Å². The average Bonchev–Trinajstić information content (AvgIpc) is 3.29. The second kappa shape index (κ2) is 6.04. The Balaban J connectivity index is 1.53. The van der Waals surface area contributed by atoms with Gasteiger partial charge >= 0.3 is 0 Å². The maximum absolute atomic E-state index is 12.8. The van der Waals surface area contributed by atoms with Gasteiger partial charge in [-0.3, -0.25) is 4.79 Å². The molecule has 1 fully saturated rings. The lowest BCUT2D eigenvalue weighted by Crippen LogP contribution is -2.41. The number of amides is 1. The Morgan fingerprint density at radius 2 is 2.33 bits per heavy atom. The minimum atomic E-state index is -0.128. The van der Waals surface area contributed by atoms with E-state index in [4.69, 9.17) is 5.11 Å². The number of carbonyl (C=O) groups excluding carboxylic acids is 1. The second-order valence-electron chi connectivity index (χ2n) is 6.01. The minimum absolute atomic E-state index is 0.0640. The summed E-state index contributed by atoms with van der Waals surface area (Å²) in [6.45, 7) is 1.16. The number of rotatable bonds is 3. The molecule has 4 rings (SSSR count). The summed E-state index contributed by atoms with van der Waals surface area (Å²) >= 11 is 0. The molecule has 8 heteroatoms. The van der Waals surface area contributed by atoms with Crippen molar-refractivity contribution in [3.05, 3.63) is 48.3 Å². The molecule has 1 N–H and O–H groups in total. The molecule has 1 aliphatic rings. The molecule has 8 nitrogen and oxygen atoms in total. The van der Waals surface area contributed by atoms with E-state index < -0.39 is 0 Å². The van der Waals surface area contributed by atoms with Crippen LogP contribution in [0.4, 0.5) is 0 Å². The Labute approximate surface area is 138 Å².